The maximum atomic E-state index is 12.7. The second-order valence-corrected chi connectivity index (χ2v) is 6.45. The van der Waals surface area contributed by atoms with Crippen molar-refractivity contribution in [2.24, 2.45) is 0 Å². The van der Waals surface area contributed by atoms with E-state index in [2.05, 4.69) is 20.2 Å². The number of carbonyl (C=O) groups is 1. The van der Waals surface area contributed by atoms with Gasteiger partial charge in [0, 0.05) is 49.6 Å². The molecule has 1 aromatic carbocycles. The minimum Gasteiger partial charge on any atom is -0.493 e. The summed E-state index contributed by atoms with van der Waals surface area (Å²) in [6, 6.07) is 12.9. The normalized spacial score (nSPS) is 10.3. The van der Waals surface area contributed by atoms with Crippen LogP contribution in [0.3, 0.4) is 0 Å². The van der Waals surface area contributed by atoms with E-state index in [1.54, 1.807) is 57.1 Å². The molecule has 0 atom stereocenters. The number of pyridine rings is 2. The topological polar surface area (TPSA) is 76.6 Å². The Bertz CT molecular complexity index is 963. The molecule has 0 spiro atoms. The third kappa shape index (κ3) is 5.22. The number of carbonyl (C=O) groups excluding carboxylic acids is 1. The van der Waals surface area contributed by atoms with Gasteiger partial charge in [0.15, 0.2) is 11.5 Å². The van der Waals surface area contributed by atoms with Gasteiger partial charge in [0.05, 0.1) is 14.2 Å². The number of anilines is 2. The Kier molecular flexibility index (Phi) is 6.63. The molecule has 2 heterocycles. The summed E-state index contributed by atoms with van der Waals surface area (Å²) in [7, 11) is 5.11. The number of benzene rings is 1. The number of likely N-dealkylation sites (N-methyl/N-ethyl adjacent to an activating group) is 1. The van der Waals surface area contributed by atoms with Gasteiger partial charge < -0.3 is 19.7 Å². The lowest BCUT2D eigenvalue weighted by molar-refractivity contribution is 0.102. The van der Waals surface area contributed by atoms with Crippen molar-refractivity contribution in [1.82, 2.24) is 9.97 Å². The van der Waals surface area contributed by atoms with Crippen molar-refractivity contribution < 1.29 is 14.3 Å². The summed E-state index contributed by atoms with van der Waals surface area (Å²) >= 11 is 0. The van der Waals surface area contributed by atoms with Crippen molar-refractivity contribution in [2.75, 3.05) is 38.0 Å². The van der Waals surface area contributed by atoms with Crippen molar-refractivity contribution in [3.05, 3.63) is 72.3 Å². The van der Waals surface area contributed by atoms with E-state index in [4.69, 9.17) is 9.47 Å². The predicted molar refractivity (Wildman–Crippen MR) is 113 cm³/mol. The largest absolute Gasteiger partial charge is 0.493 e. The Hall–Kier alpha value is -3.61. The van der Waals surface area contributed by atoms with Crippen LogP contribution in [0.1, 0.15) is 16.1 Å². The molecule has 7 heteroatoms. The molecule has 0 aliphatic heterocycles. The van der Waals surface area contributed by atoms with Crippen molar-refractivity contribution in [2.45, 2.75) is 6.42 Å². The molecular formula is C22H24N4O3. The molecule has 0 aliphatic rings. The zero-order chi connectivity index (χ0) is 20.6. The first-order valence-electron chi connectivity index (χ1n) is 9.20. The van der Waals surface area contributed by atoms with E-state index in [9.17, 15) is 4.79 Å². The van der Waals surface area contributed by atoms with E-state index < -0.39 is 0 Å². The van der Waals surface area contributed by atoms with E-state index in [1.807, 2.05) is 25.2 Å². The van der Waals surface area contributed by atoms with Crippen molar-refractivity contribution in [1.29, 1.82) is 0 Å². The Balaban J connectivity index is 1.67. The predicted octanol–water partition coefficient (Wildman–Crippen LogP) is 3.43. The van der Waals surface area contributed by atoms with Crippen LogP contribution < -0.4 is 19.7 Å². The van der Waals surface area contributed by atoms with Gasteiger partial charge in [-0.05, 0) is 48.4 Å². The van der Waals surface area contributed by atoms with Crippen LogP contribution in [-0.4, -0.2) is 43.7 Å². The van der Waals surface area contributed by atoms with Crippen LogP contribution in [0.15, 0.2) is 61.1 Å². The van der Waals surface area contributed by atoms with E-state index in [1.165, 1.54) is 5.56 Å². The third-order valence-corrected chi connectivity index (χ3v) is 4.54. The average molecular weight is 392 g/mol. The summed E-state index contributed by atoms with van der Waals surface area (Å²) in [6.07, 6.45) is 6.10. The molecule has 0 unspecified atom stereocenters. The van der Waals surface area contributed by atoms with Gasteiger partial charge >= 0.3 is 0 Å². The number of nitrogens with zero attached hydrogens (tertiary/aromatic N) is 3. The highest BCUT2D eigenvalue weighted by molar-refractivity contribution is 6.03. The van der Waals surface area contributed by atoms with Gasteiger partial charge in [-0.1, -0.05) is 0 Å². The Morgan fingerprint density at radius 3 is 2.48 bits per heavy atom. The molecule has 0 saturated heterocycles. The molecule has 0 radical (unpaired) electrons. The molecule has 0 aliphatic carbocycles. The highest BCUT2D eigenvalue weighted by atomic mass is 16.5. The van der Waals surface area contributed by atoms with Crippen molar-refractivity contribution in [3.8, 4) is 11.5 Å². The number of hydrogen-bond donors (Lipinski definition) is 1. The quantitative estimate of drug-likeness (QED) is 0.633. The lowest BCUT2D eigenvalue weighted by Gasteiger charge is -2.19. The van der Waals surface area contributed by atoms with Gasteiger partial charge in [-0.2, -0.15) is 0 Å². The molecule has 0 bridgehead atoms. The number of nitrogens with one attached hydrogen (secondary N) is 1. The Labute approximate surface area is 170 Å². The zero-order valence-corrected chi connectivity index (χ0v) is 16.8. The van der Waals surface area contributed by atoms with Gasteiger partial charge in [0.25, 0.3) is 5.91 Å². The molecule has 3 rings (SSSR count). The van der Waals surface area contributed by atoms with Crippen LogP contribution in [0.5, 0.6) is 11.5 Å². The molecule has 0 saturated carbocycles. The highest BCUT2D eigenvalue weighted by Gasteiger charge is 2.12. The SMILES string of the molecule is COc1ccc(NC(=O)c2cc(N(C)CCc3ccncc3)ccn2)cc1OC. The fraction of sp³-hybridized carbons (Fsp3) is 0.227. The number of rotatable bonds is 8. The van der Waals surface area contributed by atoms with Gasteiger partial charge in [-0.3, -0.25) is 14.8 Å². The molecular weight excluding hydrogens is 368 g/mol. The van der Waals surface area contributed by atoms with Crippen LogP contribution in [0, 0.1) is 0 Å². The minimum atomic E-state index is -0.290. The van der Waals surface area contributed by atoms with Crippen LogP contribution in [-0.2, 0) is 6.42 Å². The molecule has 29 heavy (non-hydrogen) atoms. The first-order chi connectivity index (χ1) is 14.1. The van der Waals surface area contributed by atoms with E-state index in [0.717, 1.165) is 18.7 Å². The molecule has 2 aromatic heterocycles. The molecule has 3 aromatic rings. The molecule has 150 valence electrons. The second-order valence-electron chi connectivity index (χ2n) is 6.45. The minimum absolute atomic E-state index is 0.290. The lowest BCUT2D eigenvalue weighted by Crippen LogP contribution is -2.21. The molecule has 1 amide bonds. The second kappa shape index (κ2) is 9.54. The van der Waals surface area contributed by atoms with Crippen molar-refractivity contribution in [3.63, 3.8) is 0 Å². The number of aromatic nitrogens is 2. The zero-order valence-electron chi connectivity index (χ0n) is 16.8. The van der Waals surface area contributed by atoms with E-state index in [0.29, 0.717) is 22.9 Å². The summed E-state index contributed by atoms with van der Waals surface area (Å²) in [5.74, 6) is 0.853. The summed E-state index contributed by atoms with van der Waals surface area (Å²) in [4.78, 5) is 23.0. The summed E-state index contributed by atoms with van der Waals surface area (Å²) < 4.78 is 10.5. The lowest BCUT2D eigenvalue weighted by atomic mass is 10.2. The maximum Gasteiger partial charge on any atom is 0.274 e. The Morgan fingerprint density at radius 1 is 1.00 bits per heavy atom. The van der Waals surface area contributed by atoms with Crippen molar-refractivity contribution >= 4 is 17.3 Å². The fourth-order valence-electron chi connectivity index (χ4n) is 2.87. The number of hydrogen-bond acceptors (Lipinski definition) is 6. The monoisotopic (exact) mass is 392 g/mol. The summed E-state index contributed by atoms with van der Waals surface area (Å²) in [5.41, 5.74) is 3.08. The number of ether oxygens (including phenoxy) is 2. The average Bonchev–Trinajstić information content (AvgIpc) is 2.78. The first kappa shape index (κ1) is 20.1. The molecule has 1 N–H and O–H groups in total. The van der Waals surface area contributed by atoms with Gasteiger partial charge in [-0.15, -0.1) is 0 Å². The standard InChI is InChI=1S/C22H24N4O3/c1-26(13-9-16-6-10-23-11-7-16)18-8-12-24-19(15-18)22(27)25-17-4-5-20(28-2)21(14-17)29-3/h4-8,10-12,14-15H,9,13H2,1-3H3,(H,25,27). The van der Waals surface area contributed by atoms with Gasteiger partial charge in [0.1, 0.15) is 5.69 Å². The van der Waals surface area contributed by atoms with Crippen LogP contribution in [0.2, 0.25) is 0 Å². The summed E-state index contributed by atoms with van der Waals surface area (Å²) in [6.45, 7) is 0.810. The smallest absolute Gasteiger partial charge is 0.274 e. The number of amides is 1. The summed E-state index contributed by atoms with van der Waals surface area (Å²) in [5, 5.41) is 2.85. The van der Waals surface area contributed by atoms with Crippen LogP contribution in [0.25, 0.3) is 0 Å². The fourth-order valence-corrected chi connectivity index (χ4v) is 2.87. The number of methoxy groups -OCH3 is 2. The van der Waals surface area contributed by atoms with E-state index in [-0.39, 0.29) is 5.91 Å². The third-order valence-electron chi connectivity index (χ3n) is 4.54. The van der Waals surface area contributed by atoms with Gasteiger partial charge in [0.2, 0.25) is 0 Å². The van der Waals surface area contributed by atoms with Gasteiger partial charge in [-0.25, -0.2) is 0 Å². The van der Waals surface area contributed by atoms with Crippen LogP contribution >= 0.6 is 0 Å². The highest BCUT2D eigenvalue weighted by Crippen LogP contribution is 2.30. The maximum absolute atomic E-state index is 12.7. The van der Waals surface area contributed by atoms with Crippen LogP contribution in [0.4, 0.5) is 11.4 Å². The molecule has 7 nitrogen and oxygen atoms in total. The van der Waals surface area contributed by atoms with E-state index >= 15 is 0 Å². The first-order valence-corrected chi connectivity index (χ1v) is 9.20. The Morgan fingerprint density at radius 2 is 1.76 bits per heavy atom. The molecule has 0 fully saturated rings.